The molecule has 0 radical (unpaired) electrons. The molecule has 0 aromatic carbocycles. The van der Waals surface area contributed by atoms with Crippen LogP contribution in [0.2, 0.25) is 0 Å². The molecule has 19 heavy (non-hydrogen) atoms. The van der Waals surface area contributed by atoms with Crippen LogP contribution in [0.3, 0.4) is 0 Å². The van der Waals surface area contributed by atoms with Crippen molar-refractivity contribution in [1.29, 1.82) is 0 Å². The predicted octanol–water partition coefficient (Wildman–Crippen LogP) is 3.84. The summed E-state index contributed by atoms with van der Waals surface area (Å²) in [6.07, 6.45) is 0.534. The second kappa shape index (κ2) is 6.27. The molecular formula is C14H24N2OS2. The van der Waals surface area contributed by atoms with Crippen LogP contribution in [0.5, 0.6) is 0 Å². The zero-order valence-electron chi connectivity index (χ0n) is 12.7. The molecule has 0 aliphatic heterocycles. The van der Waals surface area contributed by atoms with Gasteiger partial charge in [-0.05, 0) is 20.8 Å². The molecule has 0 atom stereocenters. The van der Waals surface area contributed by atoms with Crippen LogP contribution in [0.4, 0.5) is 0 Å². The molecule has 0 aliphatic carbocycles. The van der Waals surface area contributed by atoms with Gasteiger partial charge in [0.2, 0.25) is 5.91 Å². The molecule has 108 valence electrons. The first-order chi connectivity index (χ1) is 8.58. The monoisotopic (exact) mass is 300 g/mol. The van der Waals surface area contributed by atoms with Gasteiger partial charge in [-0.1, -0.05) is 32.5 Å². The van der Waals surface area contributed by atoms with Crippen molar-refractivity contribution in [1.82, 2.24) is 10.3 Å². The van der Waals surface area contributed by atoms with Gasteiger partial charge in [0.25, 0.3) is 0 Å². The molecule has 5 heteroatoms. The second-order valence-corrected chi connectivity index (χ2v) is 8.85. The lowest BCUT2D eigenvalue weighted by Crippen LogP contribution is -2.40. The molecule has 1 amide bonds. The molecule has 1 rings (SSSR count). The Hall–Kier alpha value is -0.550. The fourth-order valence-corrected chi connectivity index (χ4v) is 3.44. The zero-order valence-corrected chi connectivity index (χ0v) is 14.3. The van der Waals surface area contributed by atoms with Crippen LogP contribution in [-0.2, 0) is 10.2 Å². The number of thioether (sulfide) groups is 1. The Balaban J connectivity index is 2.38. The quantitative estimate of drug-likeness (QED) is 0.859. The first kappa shape index (κ1) is 16.5. The zero-order chi connectivity index (χ0) is 14.7. The Bertz CT molecular complexity index is 427. The van der Waals surface area contributed by atoms with Crippen molar-refractivity contribution < 1.29 is 4.79 Å². The number of amides is 1. The number of nitrogens with zero attached hydrogens (tertiary/aromatic N) is 1. The Labute approximate surface area is 124 Å². The third-order valence-corrected chi connectivity index (χ3v) is 4.34. The summed E-state index contributed by atoms with van der Waals surface area (Å²) in [7, 11) is 0. The summed E-state index contributed by atoms with van der Waals surface area (Å²) in [5.41, 5.74) is 1.07. The van der Waals surface area contributed by atoms with Gasteiger partial charge in [0, 0.05) is 28.5 Å². The number of carbonyl (C=O) groups is 1. The van der Waals surface area contributed by atoms with Crippen molar-refractivity contribution in [2.24, 2.45) is 0 Å². The van der Waals surface area contributed by atoms with Crippen LogP contribution >= 0.6 is 23.1 Å². The maximum atomic E-state index is 11.7. The van der Waals surface area contributed by atoms with Crippen LogP contribution in [0.15, 0.2) is 9.72 Å². The third-order valence-electron chi connectivity index (χ3n) is 2.32. The smallest absolute Gasteiger partial charge is 0.221 e. The Morgan fingerprint density at radius 1 is 1.32 bits per heavy atom. The van der Waals surface area contributed by atoms with Gasteiger partial charge in [0.15, 0.2) is 0 Å². The lowest BCUT2D eigenvalue weighted by atomic mass is 9.93. The highest BCUT2D eigenvalue weighted by Gasteiger charge is 2.18. The van der Waals surface area contributed by atoms with E-state index in [1.54, 1.807) is 23.1 Å². The molecule has 0 bridgehead atoms. The van der Waals surface area contributed by atoms with Crippen LogP contribution in [0, 0.1) is 0 Å². The van der Waals surface area contributed by atoms with E-state index in [2.05, 4.69) is 36.5 Å². The largest absolute Gasteiger partial charge is 0.351 e. The van der Waals surface area contributed by atoms with Crippen LogP contribution in [0.25, 0.3) is 0 Å². The number of nitrogens with one attached hydrogen (secondary N) is 1. The Morgan fingerprint density at radius 3 is 2.42 bits per heavy atom. The normalized spacial score (nSPS) is 12.5. The second-order valence-electron chi connectivity index (χ2n) is 6.65. The van der Waals surface area contributed by atoms with Crippen LogP contribution < -0.4 is 5.32 Å². The highest BCUT2D eigenvalue weighted by atomic mass is 32.2. The molecule has 1 aromatic heterocycles. The van der Waals surface area contributed by atoms with Gasteiger partial charge in [-0.25, -0.2) is 4.98 Å². The summed E-state index contributed by atoms with van der Waals surface area (Å²) >= 11 is 3.32. The maximum Gasteiger partial charge on any atom is 0.221 e. The molecule has 0 aliphatic rings. The van der Waals surface area contributed by atoms with E-state index in [9.17, 15) is 4.79 Å². The molecule has 0 unspecified atom stereocenters. The van der Waals surface area contributed by atoms with E-state index in [-0.39, 0.29) is 16.9 Å². The molecule has 1 aromatic rings. The predicted molar refractivity (Wildman–Crippen MR) is 84.1 cm³/mol. The number of aromatic nitrogens is 1. The van der Waals surface area contributed by atoms with E-state index in [1.165, 1.54) is 0 Å². The molecule has 0 saturated carbocycles. The molecule has 0 spiro atoms. The van der Waals surface area contributed by atoms with Crippen molar-refractivity contribution in [2.75, 3.05) is 5.75 Å². The van der Waals surface area contributed by atoms with Crippen LogP contribution in [-0.4, -0.2) is 22.2 Å². The molecule has 0 saturated heterocycles. The molecule has 0 fully saturated rings. The number of hydrogen-bond donors (Lipinski definition) is 1. The average Bonchev–Trinajstić information content (AvgIpc) is 2.62. The Kier molecular flexibility index (Phi) is 5.44. The van der Waals surface area contributed by atoms with Crippen molar-refractivity contribution >= 4 is 29.0 Å². The fraction of sp³-hybridized carbons (Fsp3) is 0.714. The van der Waals surface area contributed by atoms with Gasteiger partial charge in [-0.3, -0.25) is 4.79 Å². The number of rotatable bonds is 4. The minimum Gasteiger partial charge on any atom is -0.351 e. The van der Waals surface area contributed by atoms with Crippen molar-refractivity contribution in [3.63, 3.8) is 0 Å². The van der Waals surface area contributed by atoms with E-state index < -0.39 is 0 Å². The number of carbonyl (C=O) groups excluding carboxylic acids is 1. The fourth-order valence-electron chi connectivity index (χ4n) is 1.38. The van der Waals surface area contributed by atoms with Gasteiger partial charge in [0.1, 0.15) is 4.34 Å². The van der Waals surface area contributed by atoms with Crippen molar-refractivity contribution in [2.45, 2.75) is 63.3 Å². The lowest BCUT2D eigenvalue weighted by molar-refractivity contribution is -0.122. The SMILES string of the molecule is CC(C)(C)NC(=O)CCSc1nc(C(C)(C)C)cs1. The van der Waals surface area contributed by atoms with Crippen molar-refractivity contribution in [3.8, 4) is 0 Å². The van der Waals surface area contributed by atoms with Gasteiger partial charge >= 0.3 is 0 Å². The summed E-state index contributed by atoms with van der Waals surface area (Å²) in [4.78, 5) is 16.3. The number of thiazole rings is 1. The molecule has 1 N–H and O–H groups in total. The van der Waals surface area contributed by atoms with Gasteiger partial charge in [0.05, 0.1) is 5.69 Å². The minimum absolute atomic E-state index is 0.0962. The maximum absolute atomic E-state index is 11.7. The highest BCUT2D eigenvalue weighted by molar-refractivity contribution is 8.01. The highest BCUT2D eigenvalue weighted by Crippen LogP contribution is 2.29. The minimum atomic E-state index is -0.150. The summed E-state index contributed by atoms with van der Waals surface area (Å²) in [6.45, 7) is 12.5. The van der Waals surface area contributed by atoms with E-state index in [0.29, 0.717) is 6.42 Å². The van der Waals surface area contributed by atoms with E-state index in [4.69, 9.17) is 0 Å². The summed E-state index contributed by atoms with van der Waals surface area (Å²) in [6, 6.07) is 0. The average molecular weight is 300 g/mol. The van der Waals surface area contributed by atoms with Crippen molar-refractivity contribution in [3.05, 3.63) is 11.1 Å². The molecular weight excluding hydrogens is 276 g/mol. The number of hydrogen-bond acceptors (Lipinski definition) is 4. The molecule has 3 nitrogen and oxygen atoms in total. The van der Waals surface area contributed by atoms with E-state index in [1.807, 2.05) is 20.8 Å². The standard InChI is InChI=1S/C14H24N2OS2/c1-13(2,3)10-9-19-12(15-10)18-8-7-11(17)16-14(4,5)6/h9H,7-8H2,1-6H3,(H,16,17). The van der Waals surface area contributed by atoms with Crippen LogP contribution in [0.1, 0.15) is 53.7 Å². The first-order valence-corrected chi connectivity index (χ1v) is 8.34. The topological polar surface area (TPSA) is 42.0 Å². The third kappa shape index (κ3) is 6.43. The van der Waals surface area contributed by atoms with Gasteiger partial charge < -0.3 is 5.32 Å². The molecule has 1 heterocycles. The summed E-state index contributed by atoms with van der Waals surface area (Å²) in [5, 5.41) is 5.07. The lowest BCUT2D eigenvalue weighted by Gasteiger charge is -2.20. The first-order valence-electron chi connectivity index (χ1n) is 6.48. The Morgan fingerprint density at radius 2 is 1.95 bits per heavy atom. The summed E-state index contributed by atoms with van der Waals surface area (Å²) < 4.78 is 1.05. The van der Waals surface area contributed by atoms with Gasteiger partial charge in [-0.2, -0.15) is 0 Å². The van der Waals surface area contributed by atoms with E-state index in [0.717, 1.165) is 15.8 Å². The van der Waals surface area contributed by atoms with E-state index >= 15 is 0 Å². The summed E-state index contributed by atoms with van der Waals surface area (Å²) in [5.74, 6) is 0.881. The van der Waals surface area contributed by atoms with Gasteiger partial charge in [-0.15, -0.1) is 11.3 Å².